The van der Waals surface area contributed by atoms with E-state index < -0.39 is 6.10 Å². The predicted octanol–water partition coefficient (Wildman–Crippen LogP) is 2.24. The number of halogens is 1. The maximum atomic E-state index is 13.1. The van der Waals surface area contributed by atoms with Crippen LogP contribution >= 0.6 is 0 Å². The predicted molar refractivity (Wildman–Crippen MR) is 104 cm³/mol. The van der Waals surface area contributed by atoms with Gasteiger partial charge in [-0.15, -0.1) is 0 Å². The van der Waals surface area contributed by atoms with E-state index in [2.05, 4.69) is 22.2 Å². The van der Waals surface area contributed by atoms with Gasteiger partial charge in [-0.05, 0) is 43.2 Å². The van der Waals surface area contributed by atoms with E-state index in [4.69, 9.17) is 4.74 Å². The fourth-order valence-electron chi connectivity index (χ4n) is 3.39. The number of aliphatic hydroxyl groups is 1. The molecule has 5 nitrogen and oxygen atoms in total. The molecule has 3 rings (SSSR count). The second kappa shape index (κ2) is 9.28. The van der Waals surface area contributed by atoms with Gasteiger partial charge in [-0.2, -0.15) is 0 Å². The Balaban J connectivity index is 1.42. The lowest BCUT2D eigenvalue weighted by molar-refractivity contribution is 0.105. The zero-order valence-electron chi connectivity index (χ0n) is 15.8. The van der Waals surface area contributed by atoms with Crippen LogP contribution in [-0.4, -0.2) is 37.5 Å². The normalized spacial score (nSPS) is 20.6. The summed E-state index contributed by atoms with van der Waals surface area (Å²) < 4.78 is 18.8. The topological polar surface area (TPSA) is 65.5 Å². The summed E-state index contributed by atoms with van der Waals surface area (Å²) in [6.45, 7) is 6.30. The molecule has 0 radical (unpaired) electrons. The number of benzene rings is 2. The summed E-state index contributed by atoms with van der Waals surface area (Å²) in [5.74, 6) is 0.884. The lowest BCUT2D eigenvalue weighted by Crippen LogP contribution is -2.36. The molecule has 4 N–H and O–H groups in total. The van der Waals surface area contributed by atoms with Gasteiger partial charge in [0, 0.05) is 25.6 Å². The summed E-state index contributed by atoms with van der Waals surface area (Å²) >= 11 is 0. The van der Waals surface area contributed by atoms with Crippen molar-refractivity contribution >= 4 is 0 Å². The minimum atomic E-state index is -0.586. The van der Waals surface area contributed by atoms with E-state index in [0.717, 1.165) is 30.0 Å². The van der Waals surface area contributed by atoms with E-state index in [1.54, 1.807) is 12.1 Å². The highest BCUT2D eigenvalue weighted by atomic mass is 19.1. The van der Waals surface area contributed by atoms with E-state index >= 15 is 0 Å². The molecule has 1 fully saturated rings. The van der Waals surface area contributed by atoms with Gasteiger partial charge in [-0.25, -0.2) is 9.82 Å². The minimum Gasteiger partial charge on any atom is -0.491 e. The molecule has 0 saturated carbocycles. The van der Waals surface area contributed by atoms with Crippen molar-refractivity contribution in [3.8, 4) is 5.75 Å². The molecule has 2 aromatic rings. The first-order chi connectivity index (χ1) is 13.0. The largest absolute Gasteiger partial charge is 0.491 e. The summed E-state index contributed by atoms with van der Waals surface area (Å²) in [5, 5.41) is 13.5. The van der Waals surface area contributed by atoms with Crippen LogP contribution in [0.4, 0.5) is 4.39 Å². The average molecular weight is 373 g/mol. The van der Waals surface area contributed by atoms with Gasteiger partial charge in [-0.1, -0.05) is 29.8 Å². The van der Waals surface area contributed by atoms with E-state index in [9.17, 15) is 9.50 Å². The lowest BCUT2D eigenvalue weighted by Gasteiger charge is -2.20. The summed E-state index contributed by atoms with van der Waals surface area (Å²) in [7, 11) is 0. The summed E-state index contributed by atoms with van der Waals surface area (Å²) in [4.78, 5) is 0. The molecule has 1 aliphatic rings. The van der Waals surface area contributed by atoms with Gasteiger partial charge < -0.3 is 15.2 Å². The van der Waals surface area contributed by atoms with Crippen molar-refractivity contribution in [2.75, 3.05) is 26.2 Å². The van der Waals surface area contributed by atoms with Crippen molar-refractivity contribution in [2.45, 2.75) is 26.0 Å². The highest BCUT2D eigenvalue weighted by Crippen LogP contribution is 2.24. The summed E-state index contributed by atoms with van der Waals surface area (Å²) in [5.41, 5.74) is 9.71. The van der Waals surface area contributed by atoms with Crippen LogP contribution in [0.15, 0.2) is 42.5 Å². The van der Waals surface area contributed by atoms with Gasteiger partial charge in [0.05, 0.1) is 6.04 Å². The second-order valence-corrected chi connectivity index (χ2v) is 7.21. The SMILES string of the molecule is Cc1ccc(OCC(O)CNCC2CNNC2c2ccc(F)cc2)c(C)c1. The van der Waals surface area contributed by atoms with Crippen LogP contribution in [-0.2, 0) is 0 Å². The molecule has 2 aromatic carbocycles. The maximum Gasteiger partial charge on any atom is 0.123 e. The fraction of sp³-hybridized carbons (Fsp3) is 0.429. The third kappa shape index (κ3) is 5.49. The monoisotopic (exact) mass is 373 g/mol. The quantitative estimate of drug-likeness (QED) is 0.572. The van der Waals surface area contributed by atoms with Crippen LogP contribution < -0.4 is 20.9 Å². The van der Waals surface area contributed by atoms with Crippen molar-refractivity contribution in [3.05, 3.63) is 65.0 Å². The number of ether oxygens (including phenoxy) is 1. The molecule has 146 valence electrons. The van der Waals surface area contributed by atoms with Crippen molar-refractivity contribution in [2.24, 2.45) is 5.92 Å². The van der Waals surface area contributed by atoms with Gasteiger partial charge in [0.1, 0.15) is 24.3 Å². The van der Waals surface area contributed by atoms with Crippen LogP contribution in [0.2, 0.25) is 0 Å². The maximum absolute atomic E-state index is 13.1. The molecule has 0 spiro atoms. The molecule has 6 heteroatoms. The molecule has 0 aliphatic carbocycles. The molecular formula is C21H28FN3O2. The van der Waals surface area contributed by atoms with Gasteiger partial charge in [-0.3, -0.25) is 5.43 Å². The van der Waals surface area contributed by atoms with Crippen molar-refractivity contribution in [3.63, 3.8) is 0 Å². The third-order valence-corrected chi connectivity index (χ3v) is 4.87. The Kier molecular flexibility index (Phi) is 6.79. The smallest absolute Gasteiger partial charge is 0.123 e. The lowest BCUT2D eigenvalue weighted by atomic mass is 9.95. The number of hydrogen-bond acceptors (Lipinski definition) is 5. The van der Waals surface area contributed by atoms with Crippen molar-refractivity contribution in [1.29, 1.82) is 0 Å². The molecule has 1 saturated heterocycles. The van der Waals surface area contributed by atoms with Gasteiger partial charge in [0.25, 0.3) is 0 Å². The molecule has 0 aromatic heterocycles. The number of aliphatic hydroxyl groups excluding tert-OH is 1. The second-order valence-electron chi connectivity index (χ2n) is 7.21. The summed E-state index contributed by atoms with van der Waals surface area (Å²) in [6, 6.07) is 12.7. The molecule has 0 bridgehead atoms. The summed E-state index contributed by atoms with van der Waals surface area (Å²) in [6.07, 6.45) is -0.586. The molecule has 1 aliphatic heterocycles. The van der Waals surface area contributed by atoms with Gasteiger partial charge in [0.15, 0.2) is 0 Å². The Labute approximate surface area is 159 Å². The Bertz CT molecular complexity index is 739. The molecule has 1 heterocycles. The molecule has 27 heavy (non-hydrogen) atoms. The molecule has 3 unspecified atom stereocenters. The first-order valence-electron chi connectivity index (χ1n) is 9.35. The third-order valence-electron chi connectivity index (χ3n) is 4.87. The number of hydrogen-bond donors (Lipinski definition) is 4. The van der Waals surface area contributed by atoms with E-state index in [0.29, 0.717) is 12.5 Å². The number of rotatable bonds is 8. The standard InChI is InChI=1S/C21H28FN3O2/c1-14-3-8-20(15(2)9-14)27-13-19(26)12-23-10-17-11-24-25-21(17)16-4-6-18(22)7-5-16/h3-9,17,19,21,23-26H,10-13H2,1-2H3. The molecular weight excluding hydrogens is 345 g/mol. The Hall–Kier alpha value is -1.99. The Morgan fingerprint density at radius 3 is 2.74 bits per heavy atom. The number of hydrazine groups is 1. The zero-order chi connectivity index (χ0) is 19.2. The van der Waals surface area contributed by atoms with E-state index in [-0.39, 0.29) is 18.5 Å². The first kappa shape index (κ1) is 19.8. The van der Waals surface area contributed by atoms with Crippen LogP contribution in [0.25, 0.3) is 0 Å². The van der Waals surface area contributed by atoms with Crippen molar-refractivity contribution < 1.29 is 14.2 Å². The van der Waals surface area contributed by atoms with Gasteiger partial charge >= 0.3 is 0 Å². The van der Waals surface area contributed by atoms with E-state index in [1.165, 1.54) is 17.7 Å². The molecule has 3 atom stereocenters. The van der Waals surface area contributed by atoms with Crippen molar-refractivity contribution in [1.82, 2.24) is 16.2 Å². The fourth-order valence-corrected chi connectivity index (χ4v) is 3.39. The Morgan fingerprint density at radius 2 is 2.00 bits per heavy atom. The Morgan fingerprint density at radius 1 is 1.22 bits per heavy atom. The van der Waals surface area contributed by atoms with Crippen LogP contribution in [0, 0.1) is 25.6 Å². The number of aryl methyl sites for hydroxylation is 2. The number of nitrogens with one attached hydrogen (secondary N) is 3. The highest BCUT2D eigenvalue weighted by Gasteiger charge is 2.27. The zero-order valence-corrected chi connectivity index (χ0v) is 15.8. The minimum absolute atomic E-state index is 0.113. The van der Waals surface area contributed by atoms with Crippen LogP contribution in [0.5, 0.6) is 5.75 Å². The van der Waals surface area contributed by atoms with Crippen LogP contribution in [0.1, 0.15) is 22.7 Å². The van der Waals surface area contributed by atoms with Crippen LogP contribution in [0.3, 0.4) is 0 Å². The highest BCUT2D eigenvalue weighted by molar-refractivity contribution is 5.35. The first-order valence-corrected chi connectivity index (χ1v) is 9.35. The average Bonchev–Trinajstić information content (AvgIpc) is 3.10. The van der Waals surface area contributed by atoms with Gasteiger partial charge in [0.2, 0.25) is 0 Å². The molecule has 0 amide bonds. The van der Waals surface area contributed by atoms with E-state index in [1.807, 2.05) is 26.0 Å².